The zero-order valence-corrected chi connectivity index (χ0v) is 8.56. The summed E-state index contributed by atoms with van der Waals surface area (Å²) in [6, 6.07) is 3.24. The molecule has 2 rings (SSSR count). The molecule has 0 saturated heterocycles. The van der Waals surface area contributed by atoms with Crippen LogP contribution in [-0.4, -0.2) is 30.0 Å². The van der Waals surface area contributed by atoms with Crippen molar-refractivity contribution in [2.24, 2.45) is 0 Å². The van der Waals surface area contributed by atoms with E-state index < -0.39 is 0 Å². The largest absolute Gasteiger partial charge is 0.508 e. The second kappa shape index (κ2) is 3.98. The summed E-state index contributed by atoms with van der Waals surface area (Å²) in [4.78, 5) is 0. The summed E-state index contributed by atoms with van der Waals surface area (Å²) in [6.45, 7) is 2.78. The molecule has 1 unspecified atom stereocenters. The molecule has 0 bridgehead atoms. The summed E-state index contributed by atoms with van der Waals surface area (Å²) in [5.41, 5.74) is 0.620. The lowest BCUT2D eigenvalue weighted by atomic mass is 9.99. The van der Waals surface area contributed by atoms with E-state index in [0.29, 0.717) is 30.3 Å². The molecule has 0 spiro atoms. The average Bonchev–Trinajstić information content (AvgIpc) is 2.28. The molecule has 0 radical (unpaired) electrons. The highest BCUT2D eigenvalue weighted by molar-refractivity contribution is 5.55. The fourth-order valence-corrected chi connectivity index (χ4v) is 1.69. The third-order valence-corrected chi connectivity index (χ3v) is 2.49. The van der Waals surface area contributed by atoms with Gasteiger partial charge in [0.05, 0.1) is 0 Å². The fourth-order valence-electron chi connectivity index (χ4n) is 1.69. The molecule has 82 valence electrons. The average molecular weight is 210 g/mol. The van der Waals surface area contributed by atoms with Gasteiger partial charge >= 0.3 is 0 Å². The van der Waals surface area contributed by atoms with Crippen LogP contribution in [0, 0.1) is 0 Å². The number of aliphatic hydroxyl groups is 1. The number of hydrogen-bond donors (Lipinski definition) is 2. The van der Waals surface area contributed by atoms with Gasteiger partial charge in [-0.1, -0.05) is 6.92 Å². The zero-order valence-electron chi connectivity index (χ0n) is 8.56. The van der Waals surface area contributed by atoms with Gasteiger partial charge in [0.15, 0.2) is 11.5 Å². The number of phenols is 1. The quantitative estimate of drug-likeness (QED) is 0.771. The predicted octanol–water partition coefficient (Wildman–Crippen LogP) is 1.26. The van der Waals surface area contributed by atoms with Crippen molar-refractivity contribution in [3.63, 3.8) is 0 Å². The number of benzene rings is 1. The van der Waals surface area contributed by atoms with E-state index in [2.05, 4.69) is 0 Å². The first kappa shape index (κ1) is 10.1. The number of fused-ring (bicyclic) bond motifs is 1. The van der Waals surface area contributed by atoms with Gasteiger partial charge in [0, 0.05) is 18.1 Å². The van der Waals surface area contributed by atoms with E-state index in [9.17, 15) is 5.11 Å². The standard InChI is InChI=1S/C11H14O4/c1-7(6-12)10-8(13)2-3-9-11(10)15-5-4-14-9/h2-3,7,12-13H,4-6H2,1H3. The fraction of sp³-hybridized carbons (Fsp3) is 0.455. The highest BCUT2D eigenvalue weighted by atomic mass is 16.6. The first-order valence-corrected chi connectivity index (χ1v) is 4.96. The smallest absolute Gasteiger partial charge is 0.168 e. The van der Waals surface area contributed by atoms with E-state index in [0.717, 1.165) is 0 Å². The van der Waals surface area contributed by atoms with Crippen molar-refractivity contribution < 1.29 is 19.7 Å². The van der Waals surface area contributed by atoms with Crippen LogP contribution in [0.3, 0.4) is 0 Å². The molecule has 1 aromatic rings. The molecule has 1 aromatic carbocycles. The first-order valence-electron chi connectivity index (χ1n) is 4.96. The Morgan fingerprint density at radius 3 is 2.80 bits per heavy atom. The van der Waals surface area contributed by atoms with Gasteiger partial charge in [-0.05, 0) is 12.1 Å². The summed E-state index contributed by atoms with van der Waals surface area (Å²) in [7, 11) is 0. The molecule has 0 amide bonds. The minimum Gasteiger partial charge on any atom is -0.508 e. The van der Waals surface area contributed by atoms with Gasteiger partial charge in [-0.2, -0.15) is 0 Å². The molecule has 1 aliphatic heterocycles. The Balaban J connectivity index is 2.50. The normalized spacial score (nSPS) is 16.1. The van der Waals surface area contributed by atoms with Crippen LogP contribution in [0.1, 0.15) is 18.4 Å². The van der Waals surface area contributed by atoms with Crippen LogP contribution >= 0.6 is 0 Å². The Bertz CT molecular complexity index is 362. The summed E-state index contributed by atoms with van der Waals surface area (Å²) >= 11 is 0. The predicted molar refractivity (Wildman–Crippen MR) is 54.6 cm³/mol. The second-order valence-electron chi connectivity index (χ2n) is 3.61. The SMILES string of the molecule is CC(CO)c1c(O)ccc2c1OCCO2. The zero-order chi connectivity index (χ0) is 10.8. The van der Waals surface area contributed by atoms with Crippen molar-refractivity contribution in [3.8, 4) is 17.2 Å². The van der Waals surface area contributed by atoms with E-state index >= 15 is 0 Å². The van der Waals surface area contributed by atoms with E-state index in [1.54, 1.807) is 12.1 Å². The van der Waals surface area contributed by atoms with Crippen LogP contribution in [0.2, 0.25) is 0 Å². The number of ether oxygens (including phenoxy) is 2. The Morgan fingerprint density at radius 2 is 2.07 bits per heavy atom. The maximum atomic E-state index is 9.72. The van der Waals surface area contributed by atoms with Gasteiger partial charge in [-0.15, -0.1) is 0 Å². The van der Waals surface area contributed by atoms with Gasteiger partial charge < -0.3 is 19.7 Å². The van der Waals surface area contributed by atoms with E-state index in [-0.39, 0.29) is 18.3 Å². The van der Waals surface area contributed by atoms with Crippen LogP contribution in [0.15, 0.2) is 12.1 Å². The van der Waals surface area contributed by atoms with Crippen LogP contribution < -0.4 is 9.47 Å². The Hall–Kier alpha value is -1.42. The third kappa shape index (κ3) is 1.72. The van der Waals surface area contributed by atoms with Crippen molar-refractivity contribution in [1.29, 1.82) is 0 Å². The minimum atomic E-state index is -0.165. The van der Waals surface area contributed by atoms with E-state index in [1.165, 1.54) is 0 Å². The van der Waals surface area contributed by atoms with Crippen LogP contribution in [-0.2, 0) is 0 Å². The maximum Gasteiger partial charge on any atom is 0.168 e. The first-order chi connectivity index (χ1) is 7.24. The summed E-state index contributed by atoms with van der Waals surface area (Å²) < 4.78 is 10.9. The molecule has 0 saturated carbocycles. The lowest BCUT2D eigenvalue weighted by Crippen LogP contribution is -2.17. The molecule has 1 aliphatic rings. The van der Waals surface area contributed by atoms with Crippen molar-refractivity contribution in [2.75, 3.05) is 19.8 Å². The minimum absolute atomic E-state index is 0.0344. The summed E-state index contributed by atoms with van der Waals surface area (Å²) in [5.74, 6) is 1.17. The summed E-state index contributed by atoms with van der Waals surface area (Å²) in [5, 5.41) is 18.8. The number of rotatable bonds is 2. The molecule has 0 fully saturated rings. The molecule has 2 N–H and O–H groups in total. The third-order valence-electron chi connectivity index (χ3n) is 2.49. The number of aliphatic hydroxyl groups excluding tert-OH is 1. The topological polar surface area (TPSA) is 58.9 Å². The van der Waals surface area contributed by atoms with Crippen molar-refractivity contribution in [3.05, 3.63) is 17.7 Å². The Labute approximate surface area is 88.1 Å². The highest BCUT2D eigenvalue weighted by Crippen LogP contribution is 2.42. The monoisotopic (exact) mass is 210 g/mol. The Morgan fingerprint density at radius 1 is 1.33 bits per heavy atom. The van der Waals surface area contributed by atoms with Gasteiger partial charge in [0.2, 0.25) is 0 Å². The van der Waals surface area contributed by atoms with Gasteiger partial charge in [-0.25, -0.2) is 0 Å². The van der Waals surface area contributed by atoms with Crippen LogP contribution in [0.4, 0.5) is 0 Å². The highest BCUT2D eigenvalue weighted by Gasteiger charge is 2.22. The number of phenolic OH excluding ortho intramolecular Hbond substituents is 1. The van der Waals surface area contributed by atoms with E-state index in [1.807, 2.05) is 6.92 Å². The van der Waals surface area contributed by atoms with Crippen molar-refractivity contribution in [1.82, 2.24) is 0 Å². The van der Waals surface area contributed by atoms with Gasteiger partial charge in [-0.3, -0.25) is 0 Å². The maximum absolute atomic E-state index is 9.72. The molecule has 4 heteroatoms. The lowest BCUT2D eigenvalue weighted by molar-refractivity contribution is 0.166. The van der Waals surface area contributed by atoms with Crippen molar-refractivity contribution >= 4 is 0 Å². The Kier molecular flexibility index (Phi) is 2.68. The molecule has 0 aromatic heterocycles. The molecular weight excluding hydrogens is 196 g/mol. The molecule has 1 atom stereocenters. The molecular formula is C11H14O4. The van der Waals surface area contributed by atoms with Crippen molar-refractivity contribution in [2.45, 2.75) is 12.8 Å². The summed E-state index contributed by atoms with van der Waals surface area (Å²) in [6.07, 6.45) is 0. The second-order valence-corrected chi connectivity index (χ2v) is 3.61. The van der Waals surface area contributed by atoms with E-state index in [4.69, 9.17) is 14.6 Å². The molecule has 0 aliphatic carbocycles. The molecule has 15 heavy (non-hydrogen) atoms. The molecule has 1 heterocycles. The van der Waals surface area contributed by atoms with Crippen LogP contribution in [0.25, 0.3) is 0 Å². The van der Waals surface area contributed by atoms with Gasteiger partial charge in [0.25, 0.3) is 0 Å². The molecule has 4 nitrogen and oxygen atoms in total. The van der Waals surface area contributed by atoms with Crippen LogP contribution in [0.5, 0.6) is 17.2 Å². The number of hydrogen-bond acceptors (Lipinski definition) is 4. The lowest BCUT2D eigenvalue weighted by Gasteiger charge is -2.23. The number of aromatic hydroxyl groups is 1. The van der Waals surface area contributed by atoms with Gasteiger partial charge in [0.1, 0.15) is 19.0 Å².